The maximum Gasteiger partial charge on any atom is 0.338 e. The second kappa shape index (κ2) is 6.02. The number of anilines is 1. The van der Waals surface area contributed by atoms with Gasteiger partial charge < -0.3 is 15.2 Å². The molecule has 1 aromatic heterocycles. The van der Waals surface area contributed by atoms with E-state index in [2.05, 4.69) is 15.3 Å². The molecule has 88 valence electrons. The van der Waals surface area contributed by atoms with Crippen molar-refractivity contribution >= 4 is 11.9 Å². The summed E-state index contributed by atoms with van der Waals surface area (Å²) in [7, 11) is 1.62. The Kier molecular flexibility index (Phi) is 4.65. The number of aromatic nitrogens is 2. The van der Waals surface area contributed by atoms with Gasteiger partial charge in [0.2, 0.25) is 5.95 Å². The van der Waals surface area contributed by atoms with Gasteiger partial charge in [-0.2, -0.15) is 0 Å². The van der Waals surface area contributed by atoms with Crippen LogP contribution in [-0.4, -0.2) is 40.8 Å². The third kappa shape index (κ3) is 3.47. The number of hydrogen-bond donors (Lipinski definition) is 2. The molecule has 0 saturated heterocycles. The lowest BCUT2D eigenvalue weighted by molar-refractivity contribution is 0.0696. The van der Waals surface area contributed by atoms with E-state index >= 15 is 0 Å². The van der Waals surface area contributed by atoms with Gasteiger partial charge in [-0.25, -0.2) is 14.8 Å². The Hall–Kier alpha value is -1.69. The van der Waals surface area contributed by atoms with Crippen LogP contribution in [0.5, 0.6) is 0 Å². The number of carboxylic acid groups (broad SMARTS) is 1. The zero-order valence-corrected chi connectivity index (χ0v) is 9.30. The fourth-order valence-corrected chi connectivity index (χ4v) is 1.16. The average molecular weight is 225 g/mol. The molecule has 1 aromatic rings. The van der Waals surface area contributed by atoms with Gasteiger partial charge in [0.05, 0.1) is 18.2 Å². The minimum Gasteiger partial charge on any atom is -0.478 e. The van der Waals surface area contributed by atoms with Gasteiger partial charge in [-0.3, -0.25) is 0 Å². The number of nitrogens with zero attached hydrogens (tertiary/aromatic N) is 2. The summed E-state index contributed by atoms with van der Waals surface area (Å²) < 4.78 is 5.02. The van der Waals surface area contributed by atoms with Crippen LogP contribution >= 0.6 is 0 Å². The molecule has 1 heterocycles. The molecule has 6 heteroatoms. The van der Waals surface area contributed by atoms with Gasteiger partial charge in [0, 0.05) is 19.5 Å². The van der Waals surface area contributed by atoms with Crippen molar-refractivity contribution in [3.05, 3.63) is 18.0 Å². The second-order valence-corrected chi connectivity index (χ2v) is 3.31. The van der Waals surface area contributed by atoms with E-state index in [9.17, 15) is 4.79 Å². The summed E-state index contributed by atoms with van der Waals surface area (Å²) in [4.78, 5) is 18.4. The molecule has 0 bridgehead atoms. The van der Waals surface area contributed by atoms with E-state index in [0.717, 1.165) is 6.42 Å². The molecule has 0 aliphatic rings. The van der Waals surface area contributed by atoms with Crippen molar-refractivity contribution in [1.82, 2.24) is 9.97 Å². The molecule has 0 aliphatic heterocycles. The van der Waals surface area contributed by atoms with Crippen LogP contribution in [0.15, 0.2) is 12.4 Å². The Morgan fingerprint density at radius 1 is 1.56 bits per heavy atom. The Morgan fingerprint density at radius 2 is 2.19 bits per heavy atom. The zero-order valence-electron chi connectivity index (χ0n) is 9.30. The van der Waals surface area contributed by atoms with Crippen LogP contribution in [0.2, 0.25) is 0 Å². The lowest BCUT2D eigenvalue weighted by Crippen LogP contribution is -2.25. The number of methoxy groups -OCH3 is 1. The van der Waals surface area contributed by atoms with E-state index < -0.39 is 5.97 Å². The van der Waals surface area contributed by atoms with Crippen molar-refractivity contribution in [2.24, 2.45) is 0 Å². The van der Waals surface area contributed by atoms with Crippen LogP contribution in [0.3, 0.4) is 0 Å². The molecule has 16 heavy (non-hydrogen) atoms. The molecule has 1 rings (SSSR count). The Morgan fingerprint density at radius 3 is 2.62 bits per heavy atom. The molecular formula is C10H15N3O3. The van der Waals surface area contributed by atoms with Crippen LogP contribution in [-0.2, 0) is 4.74 Å². The highest BCUT2D eigenvalue weighted by Gasteiger charge is 2.08. The summed E-state index contributed by atoms with van der Waals surface area (Å²) in [6.07, 6.45) is 3.42. The molecule has 0 spiro atoms. The highest BCUT2D eigenvalue weighted by atomic mass is 16.5. The standard InChI is InChI=1S/C10H15N3O3/c1-3-8(6-16-2)13-10-11-4-7(5-12-10)9(14)15/h4-5,8H,3,6H2,1-2H3,(H,14,15)(H,11,12,13). The van der Waals surface area contributed by atoms with E-state index in [1.807, 2.05) is 6.92 Å². The molecule has 0 amide bonds. The minimum atomic E-state index is -1.03. The summed E-state index contributed by atoms with van der Waals surface area (Å²) in [6, 6.07) is 0.126. The fraction of sp³-hybridized carbons (Fsp3) is 0.500. The van der Waals surface area contributed by atoms with Gasteiger partial charge in [-0.05, 0) is 6.42 Å². The highest BCUT2D eigenvalue weighted by molar-refractivity contribution is 5.86. The van der Waals surface area contributed by atoms with Gasteiger partial charge in [0.15, 0.2) is 0 Å². The summed E-state index contributed by atoms with van der Waals surface area (Å²) in [5, 5.41) is 11.7. The topological polar surface area (TPSA) is 84.3 Å². The lowest BCUT2D eigenvalue weighted by atomic mass is 10.2. The number of carboxylic acids is 1. The first kappa shape index (κ1) is 12.4. The average Bonchev–Trinajstić information content (AvgIpc) is 2.29. The summed E-state index contributed by atoms with van der Waals surface area (Å²) >= 11 is 0. The third-order valence-electron chi connectivity index (χ3n) is 2.09. The molecule has 0 aromatic carbocycles. The monoisotopic (exact) mass is 225 g/mol. The van der Waals surface area contributed by atoms with Crippen LogP contribution in [0.1, 0.15) is 23.7 Å². The first-order valence-electron chi connectivity index (χ1n) is 4.98. The maximum absolute atomic E-state index is 10.6. The number of ether oxygens (including phenoxy) is 1. The second-order valence-electron chi connectivity index (χ2n) is 3.31. The molecule has 0 fully saturated rings. The van der Waals surface area contributed by atoms with Crippen molar-refractivity contribution < 1.29 is 14.6 Å². The Balaban J connectivity index is 2.63. The SMILES string of the molecule is CCC(COC)Nc1ncc(C(=O)O)cn1. The molecular weight excluding hydrogens is 210 g/mol. The Bertz CT molecular complexity index is 340. The normalized spacial score (nSPS) is 12.1. The number of hydrogen-bond acceptors (Lipinski definition) is 5. The molecule has 1 unspecified atom stereocenters. The van der Waals surface area contributed by atoms with Gasteiger partial charge >= 0.3 is 5.97 Å². The van der Waals surface area contributed by atoms with Gasteiger partial charge in [0.25, 0.3) is 0 Å². The number of carbonyl (C=O) groups is 1. The zero-order chi connectivity index (χ0) is 12.0. The first-order chi connectivity index (χ1) is 7.67. The van der Waals surface area contributed by atoms with Crippen molar-refractivity contribution in [1.29, 1.82) is 0 Å². The molecule has 0 aliphatic carbocycles. The van der Waals surface area contributed by atoms with Crippen LogP contribution < -0.4 is 5.32 Å². The highest BCUT2D eigenvalue weighted by Crippen LogP contribution is 2.04. The van der Waals surface area contributed by atoms with E-state index in [1.165, 1.54) is 12.4 Å². The maximum atomic E-state index is 10.6. The van der Waals surface area contributed by atoms with E-state index in [-0.39, 0.29) is 11.6 Å². The number of nitrogens with one attached hydrogen (secondary N) is 1. The van der Waals surface area contributed by atoms with Crippen molar-refractivity contribution in [3.63, 3.8) is 0 Å². The van der Waals surface area contributed by atoms with E-state index in [1.54, 1.807) is 7.11 Å². The van der Waals surface area contributed by atoms with Gasteiger partial charge in [-0.1, -0.05) is 6.92 Å². The van der Waals surface area contributed by atoms with Crippen molar-refractivity contribution in [3.8, 4) is 0 Å². The van der Waals surface area contributed by atoms with Gasteiger partial charge in [-0.15, -0.1) is 0 Å². The van der Waals surface area contributed by atoms with Crippen molar-refractivity contribution in [2.75, 3.05) is 19.0 Å². The van der Waals surface area contributed by atoms with Crippen LogP contribution in [0.4, 0.5) is 5.95 Å². The minimum absolute atomic E-state index is 0.0744. The molecule has 1 atom stereocenters. The lowest BCUT2D eigenvalue weighted by Gasteiger charge is -2.15. The molecule has 0 saturated carbocycles. The smallest absolute Gasteiger partial charge is 0.338 e. The summed E-state index contributed by atoms with van der Waals surface area (Å²) in [5.74, 6) is -0.621. The van der Waals surface area contributed by atoms with Crippen LogP contribution in [0.25, 0.3) is 0 Å². The van der Waals surface area contributed by atoms with E-state index in [4.69, 9.17) is 9.84 Å². The molecule has 0 radical (unpaired) electrons. The predicted molar refractivity (Wildman–Crippen MR) is 58.6 cm³/mol. The number of aromatic carboxylic acids is 1. The summed E-state index contributed by atoms with van der Waals surface area (Å²) in [5.41, 5.74) is 0.0744. The summed E-state index contributed by atoms with van der Waals surface area (Å²) in [6.45, 7) is 2.57. The van der Waals surface area contributed by atoms with Gasteiger partial charge in [0.1, 0.15) is 0 Å². The third-order valence-corrected chi connectivity index (χ3v) is 2.09. The van der Waals surface area contributed by atoms with Crippen LogP contribution in [0, 0.1) is 0 Å². The molecule has 6 nitrogen and oxygen atoms in total. The molecule has 2 N–H and O–H groups in total. The van der Waals surface area contributed by atoms with E-state index in [0.29, 0.717) is 12.6 Å². The predicted octanol–water partition coefficient (Wildman–Crippen LogP) is 1.01. The quantitative estimate of drug-likeness (QED) is 0.751. The fourth-order valence-electron chi connectivity index (χ4n) is 1.16. The largest absolute Gasteiger partial charge is 0.478 e. The first-order valence-corrected chi connectivity index (χ1v) is 4.98. The van der Waals surface area contributed by atoms with Crippen molar-refractivity contribution in [2.45, 2.75) is 19.4 Å². The Labute approximate surface area is 93.7 Å². The number of rotatable bonds is 6.